The monoisotopic (exact) mass is 216 g/mol. The Morgan fingerprint density at radius 2 is 2.07 bits per heavy atom. The van der Waals surface area contributed by atoms with Crippen LogP contribution in [0.1, 0.15) is 11.1 Å². The van der Waals surface area contributed by atoms with Gasteiger partial charge in [0.05, 0.1) is 11.6 Å². The Balaban J connectivity index is 3.00. The summed E-state index contributed by atoms with van der Waals surface area (Å²) in [4.78, 5) is 0. The minimum absolute atomic E-state index is 0.0285. The van der Waals surface area contributed by atoms with Gasteiger partial charge in [-0.05, 0) is 18.2 Å². The molecule has 0 amide bonds. The van der Waals surface area contributed by atoms with Crippen molar-refractivity contribution in [3.63, 3.8) is 0 Å². The summed E-state index contributed by atoms with van der Waals surface area (Å²) in [5.41, 5.74) is 0.0336. The molecule has 15 heavy (non-hydrogen) atoms. The number of benzene rings is 1. The van der Waals surface area contributed by atoms with E-state index in [4.69, 9.17) is 10.4 Å². The third-order valence-electron chi connectivity index (χ3n) is 1.52. The summed E-state index contributed by atoms with van der Waals surface area (Å²) in [6.07, 6.45) is -4.79. The molecule has 0 heterocycles. The van der Waals surface area contributed by atoms with Crippen molar-refractivity contribution in [1.29, 1.82) is 5.26 Å². The molecule has 1 aromatic rings. The second-order valence-corrected chi connectivity index (χ2v) is 2.54. The first-order valence-electron chi connectivity index (χ1n) is 3.73. The van der Waals surface area contributed by atoms with Crippen molar-refractivity contribution in [2.45, 2.75) is 6.36 Å². The Kier molecular flexibility index (Phi) is 3.17. The maximum Gasteiger partial charge on any atom is 0.573 e. The first-order valence-corrected chi connectivity index (χ1v) is 3.73. The fraction of sp³-hybridized carbons (Fsp3) is 0.111. The molecule has 0 bridgehead atoms. The van der Waals surface area contributed by atoms with Gasteiger partial charge in [0, 0.05) is 5.56 Å². The van der Waals surface area contributed by atoms with Crippen LogP contribution < -0.4 is 4.74 Å². The van der Waals surface area contributed by atoms with Gasteiger partial charge in [-0.3, -0.25) is 0 Å². The van der Waals surface area contributed by atoms with E-state index in [0.717, 1.165) is 18.2 Å². The van der Waals surface area contributed by atoms with Crippen LogP contribution in [0.15, 0.2) is 18.2 Å². The van der Waals surface area contributed by atoms with Crippen LogP contribution in [-0.4, -0.2) is 11.5 Å². The van der Waals surface area contributed by atoms with Gasteiger partial charge in [0.15, 0.2) is 0 Å². The zero-order valence-corrected chi connectivity index (χ0v) is 7.25. The van der Waals surface area contributed by atoms with Gasteiger partial charge in [-0.1, -0.05) is 0 Å². The molecule has 79 valence electrons. The van der Waals surface area contributed by atoms with Crippen LogP contribution in [0, 0.1) is 17.9 Å². The van der Waals surface area contributed by atoms with Gasteiger partial charge in [0.2, 0.25) is 0 Å². The second kappa shape index (κ2) is 4.19. The van der Waals surface area contributed by atoms with Gasteiger partial charge in [-0.15, -0.1) is 13.2 Å². The molecule has 0 aliphatic carbocycles. The van der Waals surface area contributed by atoms with Crippen molar-refractivity contribution >= 4 is 0 Å². The summed E-state index contributed by atoms with van der Waals surface area (Å²) in [7, 11) is 0. The Morgan fingerprint density at radius 1 is 1.40 bits per heavy atom. The van der Waals surface area contributed by atoms with E-state index in [-0.39, 0.29) is 11.1 Å². The molecular formula is C9H5F3NO2. The van der Waals surface area contributed by atoms with E-state index in [9.17, 15) is 13.2 Å². The van der Waals surface area contributed by atoms with Gasteiger partial charge in [0.25, 0.3) is 0 Å². The summed E-state index contributed by atoms with van der Waals surface area (Å²) in [5, 5.41) is 17.2. The van der Waals surface area contributed by atoms with Crippen molar-refractivity contribution < 1.29 is 23.0 Å². The molecule has 3 nitrogen and oxygen atoms in total. The number of aliphatic hydroxyl groups excluding tert-OH is 1. The van der Waals surface area contributed by atoms with E-state index >= 15 is 0 Å². The van der Waals surface area contributed by atoms with Crippen LogP contribution in [0.25, 0.3) is 0 Å². The number of hydrogen-bond donors (Lipinski definition) is 1. The molecule has 0 saturated heterocycles. The van der Waals surface area contributed by atoms with Crippen LogP contribution in [0.3, 0.4) is 0 Å². The Morgan fingerprint density at radius 3 is 2.53 bits per heavy atom. The summed E-state index contributed by atoms with van der Waals surface area (Å²) < 4.78 is 39.0. The summed E-state index contributed by atoms with van der Waals surface area (Å²) in [6.45, 7) is 0.543. The maximum absolute atomic E-state index is 11.8. The molecule has 0 aliphatic heterocycles. The first-order chi connectivity index (χ1) is 6.96. The Hall–Kier alpha value is -1.74. The minimum Gasteiger partial charge on any atom is -0.406 e. The number of ether oxygens (including phenoxy) is 1. The lowest BCUT2D eigenvalue weighted by atomic mass is 10.1. The molecule has 0 atom stereocenters. The molecule has 1 aromatic carbocycles. The van der Waals surface area contributed by atoms with E-state index in [2.05, 4.69) is 4.74 Å². The third kappa shape index (κ3) is 3.14. The first kappa shape index (κ1) is 11.3. The average Bonchev–Trinajstić information content (AvgIpc) is 2.15. The number of nitriles is 1. The van der Waals surface area contributed by atoms with Crippen LogP contribution in [0.2, 0.25) is 0 Å². The van der Waals surface area contributed by atoms with Crippen LogP contribution in [0.4, 0.5) is 13.2 Å². The second-order valence-electron chi connectivity index (χ2n) is 2.54. The van der Waals surface area contributed by atoms with E-state index in [0.29, 0.717) is 6.61 Å². The molecular weight excluding hydrogens is 211 g/mol. The molecule has 0 aromatic heterocycles. The van der Waals surface area contributed by atoms with Crippen LogP contribution >= 0.6 is 0 Å². The number of halogens is 3. The topological polar surface area (TPSA) is 53.2 Å². The lowest BCUT2D eigenvalue weighted by Gasteiger charge is -2.09. The molecule has 0 unspecified atom stereocenters. The maximum atomic E-state index is 11.8. The fourth-order valence-electron chi connectivity index (χ4n) is 0.947. The summed E-state index contributed by atoms with van der Waals surface area (Å²) in [5.74, 6) is -0.484. The quantitative estimate of drug-likeness (QED) is 0.825. The lowest BCUT2D eigenvalue weighted by Crippen LogP contribution is -2.17. The highest BCUT2D eigenvalue weighted by Crippen LogP contribution is 2.25. The molecule has 0 fully saturated rings. The fourth-order valence-corrected chi connectivity index (χ4v) is 0.947. The van der Waals surface area contributed by atoms with Gasteiger partial charge in [0.1, 0.15) is 12.4 Å². The SMILES string of the molecule is N#Cc1ccc(OC(F)(F)F)cc1[CH]O. The molecule has 0 aliphatic rings. The summed E-state index contributed by atoms with van der Waals surface area (Å²) in [6, 6.07) is 4.76. The van der Waals surface area contributed by atoms with Crippen molar-refractivity contribution in [2.75, 3.05) is 0 Å². The van der Waals surface area contributed by atoms with Gasteiger partial charge >= 0.3 is 6.36 Å². The van der Waals surface area contributed by atoms with Crippen LogP contribution in [0.5, 0.6) is 5.75 Å². The summed E-state index contributed by atoms with van der Waals surface area (Å²) >= 11 is 0. The van der Waals surface area contributed by atoms with Crippen LogP contribution in [-0.2, 0) is 0 Å². The predicted molar refractivity (Wildman–Crippen MR) is 43.2 cm³/mol. The Labute approximate surface area is 83.3 Å². The number of hydrogen-bond acceptors (Lipinski definition) is 3. The van der Waals surface area contributed by atoms with Crippen molar-refractivity contribution in [1.82, 2.24) is 0 Å². The number of alkyl halides is 3. The average molecular weight is 216 g/mol. The number of nitrogens with zero attached hydrogens (tertiary/aromatic N) is 1. The highest BCUT2D eigenvalue weighted by molar-refractivity contribution is 5.45. The molecule has 1 radical (unpaired) electrons. The van der Waals surface area contributed by atoms with Crippen molar-refractivity contribution in [3.8, 4) is 11.8 Å². The molecule has 6 heteroatoms. The number of rotatable bonds is 2. The smallest absolute Gasteiger partial charge is 0.406 e. The normalized spacial score (nSPS) is 10.9. The zero-order valence-electron chi connectivity index (χ0n) is 7.25. The standard InChI is InChI=1S/C9H5F3NO2/c10-9(11,12)15-8-2-1-6(4-13)7(3-8)5-14/h1-3,5,14H. The largest absolute Gasteiger partial charge is 0.573 e. The molecule has 1 N–H and O–H groups in total. The Bertz CT molecular complexity index is 395. The molecule has 1 rings (SSSR count). The van der Waals surface area contributed by atoms with E-state index in [1.54, 1.807) is 6.07 Å². The van der Waals surface area contributed by atoms with E-state index in [1.807, 2.05) is 0 Å². The third-order valence-corrected chi connectivity index (χ3v) is 1.52. The van der Waals surface area contributed by atoms with Gasteiger partial charge in [-0.25, -0.2) is 0 Å². The highest BCUT2D eigenvalue weighted by Gasteiger charge is 2.31. The van der Waals surface area contributed by atoms with E-state index in [1.165, 1.54) is 0 Å². The van der Waals surface area contributed by atoms with Crippen molar-refractivity contribution in [3.05, 3.63) is 35.9 Å². The lowest BCUT2D eigenvalue weighted by molar-refractivity contribution is -0.274. The number of aliphatic hydroxyl groups is 1. The zero-order chi connectivity index (χ0) is 11.5. The highest BCUT2D eigenvalue weighted by atomic mass is 19.4. The van der Waals surface area contributed by atoms with Gasteiger partial charge in [-0.2, -0.15) is 5.26 Å². The minimum atomic E-state index is -4.79. The van der Waals surface area contributed by atoms with Gasteiger partial charge < -0.3 is 9.84 Å². The predicted octanol–water partition coefficient (Wildman–Crippen LogP) is 2.34. The molecule has 0 spiro atoms. The molecule has 0 saturated carbocycles. The van der Waals surface area contributed by atoms with Crippen molar-refractivity contribution in [2.24, 2.45) is 0 Å². The van der Waals surface area contributed by atoms with E-state index < -0.39 is 12.1 Å².